The van der Waals surface area contributed by atoms with Crippen LogP contribution in [-0.4, -0.2) is 25.0 Å². The molecule has 0 amide bonds. The van der Waals surface area contributed by atoms with Crippen molar-refractivity contribution in [3.05, 3.63) is 101 Å². The number of fused-ring (bicyclic) bond motifs is 4. The van der Waals surface area contributed by atoms with E-state index in [1.165, 1.54) is 5.56 Å². The number of anilines is 1. The van der Waals surface area contributed by atoms with Gasteiger partial charge >= 0.3 is 0 Å². The van der Waals surface area contributed by atoms with Crippen LogP contribution in [0.5, 0.6) is 11.5 Å². The lowest BCUT2D eigenvalue weighted by atomic mass is 9.71. The third kappa shape index (κ3) is 3.55. The minimum Gasteiger partial charge on any atom is -0.497 e. The van der Waals surface area contributed by atoms with E-state index < -0.39 is 0 Å². The van der Waals surface area contributed by atoms with Crippen molar-refractivity contribution >= 4 is 27.9 Å². The van der Waals surface area contributed by atoms with Crippen LogP contribution in [0.2, 0.25) is 0 Å². The van der Waals surface area contributed by atoms with Crippen LogP contribution in [0.1, 0.15) is 41.5 Å². The Bertz CT molecular complexity index is 1480. The van der Waals surface area contributed by atoms with Gasteiger partial charge in [0.15, 0.2) is 5.78 Å². The molecule has 0 saturated heterocycles. The molecule has 1 aliphatic heterocycles. The number of ketones is 1. The van der Waals surface area contributed by atoms with Crippen LogP contribution in [0, 0.1) is 0 Å². The Labute approximate surface area is 204 Å². The van der Waals surface area contributed by atoms with E-state index in [0.29, 0.717) is 17.9 Å². The third-order valence-electron chi connectivity index (χ3n) is 7.21. The smallest absolute Gasteiger partial charge is 0.162 e. The predicted octanol–water partition coefficient (Wildman–Crippen LogP) is 6.32. The van der Waals surface area contributed by atoms with Crippen LogP contribution in [0.4, 0.5) is 5.69 Å². The summed E-state index contributed by atoms with van der Waals surface area (Å²) in [7, 11) is 3.29. The fourth-order valence-electron chi connectivity index (χ4n) is 5.58. The number of allylic oxidation sites excluding steroid dienone is 1. The number of carbonyl (C=O) groups is 1. The SMILES string of the molecule is COc1ccc([C@H]2Nc3ccc4ncccc4c3C3=C2C(=O)C[C@@H](c2ccccc2)C3)c(OC)c1. The Balaban J connectivity index is 1.58. The van der Waals surface area contributed by atoms with Gasteiger partial charge in [0.2, 0.25) is 0 Å². The zero-order valence-electron chi connectivity index (χ0n) is 19.7. The maximum atomic E-state index is 13.9. The molecule has 5 nitrogen and oxygen atoms in total. The molecule has 0 spiro atoms. The van der Waals surface area contributed by atoms with Gasteiger partial charge in [-0.15, -0.1) is 0 Å². The van der Waals surface area contributed by atoms with Crippen molar-refractivity contribution in [3.63, 3.8) is 0 Å². The van der Waals surface area contributed by atoms with Crippen LogP contribution >= 0.6 is 0 Å². The van der Waals surface area contributed by atoms with E-state index in [4.69, 9.17) is 9.47 Å². The Morgan fingerprint density at radius 2 is 1.77 bits per heavy atom. The van der Waals surface area contributed by atoms with Crippen LogP contribution in [0.3, 0.4) is 0 Å². The summed E-state index contributed by atoms with van der Waals surface area (Å²) in [5, 5.41) is 4.74. The van der Waals surface area contributed by atoms with E-state index in [2.05, 4.69) is 34.6 Å². The fourth-order valence-corrected chi connectivity index (χ4v) is 5.58. The van der Waals surface area contributed by atoms with E-state index in [1.807, 2.05) is 54.7 Å². The number of rotatable bonds is 4. The number of hydrogen-bond donors (Lipinski definition) is 1. The summed E-state index contributed by atoms with van der Waals surface area (Å²) >= 11 is 0. The number of aromatic nitrogens is 1. The van der Waals surface area contributed by atoms with Gasteiger partial charge in [-0.25, -0.2) is 0 Å². The molecule has 0 unspecified atom stereocenters. The normalized spacial score (nSPS) is 19.1. The molecule has 6 rings (SSSR count). The fraction of sp³-hybridized carbons (Fsp3) is 0.200. The molecule has 35 heavy (non-hydrogen) atoms. The van der Waals surface area contributed by atoms with Crippen LogP contribution < -0.4 is 14.8 Å². The largest absolute Gasteiger partial charge is 0.497 e. The van der Waals surface area contributed by atoms with Crippen molar-refractivity contribution in [2.45, 2.75) is 24.8 Å². The number of Topliss-reactive ketones (excluding diaryl/α,β-unsaturated/α-hetero) is 1. The highest BCUT2D eigenvalue weighted by atomic mass is 16.5. The highest BCUT2D eigenvalue weighted by Crippen LogP contribution is 2.52. The number of nitrogens with zero attached hydrogens (tertiary/aromatic N) is 1. The molecule has 5 heteroatoms. The molecule has 3 aromatic carbocycles. The molecule has 0 fully saturated rings. The summed E-state index contributed by atoms with van der Waals surface area (Å²) < 4.78 is 11.1. The van der Waals surface area contributed by atoms with Crippen molar-refractivity contribution in [2.75, 3.05) is 19.5 Å². The number of ether oxygens (including phenoxy) is 2. The standard InChI is InChI=1S/C30H26N2O3/c1-34-20-10-11-22(27(17-20)35-2)30-29-23(15-19(16-26(29)33)18-7-4-3-5-8-18)28-21-9-6-14-31-24(21)12-13-25(28)32-30/h3-14,17,19,30,32H,15-16H2,1-2H3/t19-,30+/m0/s1. The van der Waals surface area contributed by atoms with Crippen molar-refractivity contribution in [2.24, 2.45) is 0 Å². The van der Waals surface area contributed by atoms with Gasteiger partial charge in [0.25, 0.3) is 0 Å². The lowest BCUT2D eigenvalue weighted by Gasteiger charge is -2.37. The van der Waals surface area contributed by atoms with Crippen molar-refractivity contribution < 1.29 is 14.3 Å². The Kier molecular flexibility index (Phi) is 5.25. The van der Waals surface area contributed by atoms with Crippen LogP contribution in [0.25, 0.3) is 16.5 Å². The zero-order chi connectivity index (χ0) is 23.9. The summed E-state index contributed by atoms with van der Waals surface area (Å²) in [5.41, 5.74) is 7.06. The van der Waals surface area contributed by atoms with Gasteiger partial charge in [0.1, 0.15) is 11.5 Å². The number of nitrogens with one attached hydrogen (secondary N) is 1. The Hall–Kier alpha value is -4.12. The van der Waals surface area contributed by atoms with Crippen molar-refractivity contribution in [3.8, 4) is 11.5 Å². The van der Waals surface area contributed by atoms with E-state index >= 15 is 0 Å². The molecule has 4 aromatic rings. The first kappa shape index (κ1) is 21.4. The molecule has 0 radical (unpaired) electrons. The summed E-state index contributed by atoms with van der Waals surface area (Å²) in [5.74, 6) is 1.71. The van der Waals surface area contributed by atoms with Crippen LogP contribution in [-0.2, 0) is 4.79 Å². The lowest BCUT2D eigenvalue weighted by Crippen LogP contribution is -2.30. The van der Waals surface area contributed by atoms with Gasteiger partial charge in [-0.05, 0) is 53.8 Å². The second-order valence-corrected chi connectivity index (χ2v) is 9.07. The summed E-state index contributed by atoms with van der Waals surface area (Å²) in [6, 6.07) is 24.0. The highest BCUT2D eigenvalue weighted by Gasteiger charge is 2.39. The van der Waals surface area contributed by atoms with E-state index in [-0.39, 0.29) is 17.7 Å². The molecular formula is C30H26N2O3. The second-order valence-electron chi connectivity index (χ2n) is 9.07. The van der Waals surface area contributed by atoms with Gasteiger partial charge in [-0.1, -0.05) is 36.4 Å². The zero-order valence-corrected chi connectivity index (χ0v) is 19.7. The number of methoxy groups -OCH3 is 2. The summed E-state index contributed by atoms with van der Waals surface area (Å²) in [6.45, 7) is 0. The monoisotopic (exact) mass is 462 g/mol. The van der Waals surface area contributed by atoms with Gasteiger partial charge in [0.05, 0.1) is 25.8 Å². The molecule has 1 aliphatic carbocycles. The van der Waals surface area contributed by atoms with E-state index in [1.54, 1.807) is 14.2 Å². The first-order chi connectivity index (χ1) is 17.2. The highest BCUT2D eigenvalue weighted by molar-refractivity contribution is 6.12. The molecule has 1 N–H and O–H groups in total. The number of carbonyl (C=O) groups excluding carboxylic acids is 1. The lowest BCUT2D eigenvalue weighted by molar-refractivity contribution is -0.116. The average molecular weight is 463 g/mol. The minimum absolute atomic E-state index is 0.138. The van der Waals surface area contributed by atoms with Crippen molar-refractivity contribution in [1.82, 2.24) is 4.98 Å². The maximum Gasteiger partial charge on any atom is 0.162 e. The first-order valence-corrected chi connectivity index (χ1v) is 11.9. The Morgan fingerprint density at radius 3 is 2.57 bits per heavy atom. The Morgan fingerprint density at radius 1 is 0.914 bits per heavy atom. The first-order valence-electron chi connectivity index (χ1n) is 11.9. The molecule has 0 saturated carbocycles. The predicted molar refractivity (Wildman–Crippen MR) is 138 cm³/mol. The van der Waals surface area contributed by atoms with Crippen molar-refractivity contribution in [1.29, 1.82) is 0 Å². The summed E-state index contributed by atoms with van der Waals surface area (Å²) in [4.78, 5) is 18.5. The topological polar surface area (TPSA) is 60.5 Å². The van der Waals surface area contributed by atoms with Gasteiger partial charge in [-0.3, -0.25) is 9.78 Å². The molecule has 2 atom stereocenters. The second kappa shape index (κ2) is 8.58. The van der Waals surface area contributed by atoms with Gasteiger partial charge in [-0.2, -0.15) is 0 Å². The number of hydrogen-bond acceptors (Lipinski definition) is 5. The minimum atomic E-state index is -0.309. The average Bonchev–Trinajstić information content (AvgIpc) is 2.92. The number of benzene rings is 3. The van der Waals surface area contributed by atoms with Crippen LogP contribution in [0.15, 0.2) is 84.6 Å². The molecular weight excluding hydrogens is 436 g/mol. The molecule has 2 heterocycles. The molecule has 1 aromatic heterocycles. The van der Waals surface area contributed by atoms with Gasteiger partial charge < -0.3 is 14.8 Å². The molecule has 174 valence electrons. The van der Waals surface area contributed by atoms with E-state index in [0.717, 1.165) is 45.3 Å². The van der Waals surface area contributed by atoms with Gasteiger partial charge in [0, 0.05) is 46.5 Å². The molecule has 0 bridgehead atoms. The quantitative estimate of drug-likeness (QED) is 0.385. The summed E-state index contributed by atoms with van der Waals surface area (Å²) in [6.07, 6.45) is 3.09. The number of pyridine rings is 1. The molecule has 2 aliphatic rings. The van der Waals surface area contributed by atoms with E-state index in [9.17, 15) is 4.79 Å². The maximum absolute atomic E-state index is 13.9. The third-order valence-corrected chi connectivity index (χ3v) is 7.21.